The summed E-state index contributed by atoms with van der Waals surface area (Å²) in [4.78, 5) is 5.46. The van der Waals surface area contributed by atoms with E-state index in [0.717, 1.165) is 18.1 Å². The monoisotopic (exact) mass is 251 g/mol. The van der Waals surface area contributed by atoms with Gasteiger partial charge >= 0.3 is 0 Å². The lowest BCUT2D eigenvalue weighted by Gasteiger charge is -2.39. The van der Waals surface area contributed by atoms with Crippen molar-refractivity contribution in [2.24, 2.45) is 0 Å². The third-order valence-electron chi connectivity index (χ3n) is 5.17. The van der Waals surface area contributed by atoms with Gasteiger partial charge in [0.05, 0.1) is 0 Å². The molecule has 3 heterocycles. The van der Waals surface area contributed by atoms with Gasteiger partial charge in [-0.2, -0.15) is 0 Å². The second-order valence-electron chi connectivity index (χ2n) is 6.49. The van der Waals surface area contributed by atoms with Crippen molar-refractivity contribution in [2.45, 2.75) is 63.6 Å². The van der Waals surface area contributed by atoms with E-state index in [1.165, 1.54) is 71.2 Å². The molecule has 2 bridgehead atoms. The Kier molecular flexibility index (Phi) is 4.22. The number of likely N-dealkylation sites (tertiary alicyclic amines) is 2. The lowest BCUT2D eigenvalue weighted by molar-refractivity contribution is 0.104. The van der Waals surface area contributed by atoms with Crippen molar-refractivity contribution in [3.63, 3.8) is 0 Å². The molecule has 2 unspecified atom stereocenters. The molecule has 3 rings (SSSR count). The van der Waals surface area contributed by atoms with Crippen LogP contribution in [0, 0.1) is 0 Å². The Morgan fingerprint density at radius 3 is 2.50 bits per heavy atom. The highest BCUT2D eigenvalue weighted by Crippen LogP contribution is 2.25. The van der Waals surface area contributed by atoms with Crippen LogP contribution >= 0.6 is 0 Å². The predicted molar refractivity (Wildman–Crippen MR) is 75.9 cm³/mol. The summed E-state index contributed by atoms with van der Waals surface area (Å²) >= 11 is 0. The van der Waals surface area contributed by atoms with E-state index in [1.54, 1.807) is 0 Å². The smallest absolute Gasteiger partial charge is 0.0198 e. The van der Waals surface area contributed by atoms with Gasteiger partial charge in [-0.15, -0.1) is 0 Å². The zero-order valence-electron chi connectivity index (χ0n) is 11.9. The van der Waals surface area contributed by atoms with Gasteiger partial charge in [0.25, 0.3) is 0 Å². The van der Waals surface area contributed by atoms with E-state index >= 15 is 0 Å². The maximum absolute atomic E-state index is 3.80. The SMILES string of the molecule is CCCN1CCC(N2CCC3CCC(C2)N3)CC1. The minimum Gasteiger partial charge on any atom is -0.310 e. The molecule has 104 valence electrons. The number of piperidine rings is 1. The Hall–Kier alpha value is -0.120. The molecule has 0 saturated carbocycles. The van der Waals surface area contributed by atoms with Crippen LogP contribution in [0.15, 0.2) is 0 Å². The van der Waals surface area contributed by atoms with Crippen molar-refractivity contribution in [3.05, 3.63) is 0 Å². The van der Waals surface area contributed by atoms with E-state index in [0.29, 0.717) is 0 Å². The number of fused-ring (bicyclic) bond motifs is 2. The zero-order valence-corrected chi connectivity index (χ0v) is 11.9. The number of rotatable bonds is 3. The van der Waals surface area contributed by atoms with Crippen LogP contribution in [0.25, 0.3) is 0 Å². The largest absolute Gasteiger partial charge is 0.310 e. The highest BCUT2D eigenvalue weighted by atomic mass is 15.2. The lowest BCUT2D eigenvalue weighted by Crippen LogP contribution is -2.47. The van der Waals surface area contributed by atoms with Gasteiger partial charge in [-0.05, 0) is 64.7 Å². The fourth-order valence-corrected chi connectivity index (χ4v) is 4.13. The van der Waals surface area contributed by atoms with Gasteiger partial charge in [-0.3, -0.25) is 4.90 Å². The average molecular weight is 251 g/mol. The van der Waals surface area contributed by atoms with Crippen LogP contribution in [0.3, 0.4) is 0 Å². The molecular formula is C15H29N3. The average Bonchev–Trinajstić information content (AvgIpc) is 2.71. The van der Waals surface area contributed by atoms with Crippen molar-refractivity contribution in [3.8, 4) is 0 Å². The van der Waals surface area contributed by atoms with E-state index in [1.807, 2.05) is 0 Å². The Labute approximate surface area is 112 Å². The molecule has 3 fully saturated rings. The molecule has 18 heavy (non-hydrogen) atoms. The van der Waals surface area contributed by atoms with E-state index in [2.05, 4.69) is 22.0 Å². The number of nitrogens with one attached hydrogen (secondary N) is 1. The fraction of sp³-hybridized carbons (Fsp3) is 1.00. The highest BCUT2D eigenvalue weighted by molar-refractivity contribution is 4.92. The van der Waals surface area contributed by atoms with Crippen LogP contribution in [0.5, 0.6) is 0 Å². The number of hydrogen-bond donors (Lipinski definition) is 1. The van der Waals surface area contributed by atoms with E-state index < -0.39 is 0 Å². The fourth-order valence-electron chi connectivity index (χ4n) is 4.13. The summed E-state index contributed by atoms with van der Waals surface area (Å²) in [6.07, 6.45) is 8.33. The molecule has 1 N–H and O–H groups in total. The molecule has 3 saturated heterocycles. The van der Waals surface area contributed by atoms with Crippen molar-refractivity contribution in [2.75, 3.05) is 32.7 Å². The molecule has 2 atom stereocenters. The summed E-state index contributed by atoms with van der Waals surface area (Å²) in [5, 5.41) is 3.80. The molecule has 0 aromatic heterocycles. The van der Waals surface area contributed by atoms with Crippen LogP contribution in [-0.2, 0) is 0 Å². The van der Waals surface area contributed by atoms with Gasteiger partial charge in [-0.1, -0.05) is 6.92 Å². The molecule has 0 spiro atoms. The standard InChI is InChI=1S/C15H29N3/c1-2-8-17-9-6-15(7-10-17)18-11-5-13-3-4-14(12-18)16-13/h13-16H,2-12H2,1H3. The van der Waals surface area contributed by atoms with Crippen molar-refractivity contribution >= 4 is 0 Å². The summed E-state index contributed by atoms with van der Waals surface area (Å²) < 4.78 is 0. The van der Waals surface area contributed by atoms with Crippen LogP contribution in [0.1, 0.15) is 45.4 Å². The molecule has 0 aromatic carbocycles. The molecule has 3 heteroatoms. The first kappa shape index (κ1) is 12.9. The number of hydrogen-bond acceptors (Lipinski definition) is 3. The summed E-state index contributed by atoms with van der Waals surface area (Å²) in [5.41, 5.74) is 0. The molecule has 0 radical (unpaired) electrons. The minimum atomic E-state index is 0.797. The molecular weight excluding hydrogens is 222 g/mol. The van der Waals surface area contributed by atoms with Gasteiger partial charge in [0.2, 0.25) is 0 Å². The highest BCUT2D eigenvalue weighted by Gasteiger charge is 2.33. The van der Waals surface area contributed by atoms with Crippen LogP contribution in [0.2, 0.25) is 0 Å². The van der Waals surface area contributed by atoms with Gasteiger partial charge in [0.1, 0.15) is 0 Å². The van der Waals surface area contributed by atoms with Crippen molar-refractivity contribution in [1.82, 2.24) is 15.1 Å². The quantitative estimate of drug-likeness (QED) is 0.823. The first-order valence-electron chi connectivity index (χ1n) is 8.07. The van der Waals surface area contributed by atoms with E-state index in [9.17, 15) is 0 Å². The summed E-state index contributed by atoms with van der Waals surface area (Å²) in [7, 11) is 0. The van der Waals surface area contributed by atoms with Crippen LogP contribution in [0.4, 0.5) is 0 Å². The van der Waals surface area contributed by atoms with E-state index in [4.69, 9.17) is 0 Å². The summed E-state index contributed by atoms with van der Waals surface area (Å²) in [6, 6.07) is 2.51. The van der Waals surface area contributed by atoms with E-state index in [-0.39, 0.29) is 0 Å². The molecule has 3 aliphatic heterocycles. The molecule has 0 amide bonds. The maximum Gasteiger partial charge on any atom is 0.0198 e. The lowest BCUT2D eigenvalue weighted by atomic mass is 10.00. The first-order valence-corrected chi connectivity index (χ1v) is 8.07. The molecule has 3 nitrogen and oxygen atoms in total. The Bertz CT molecular complexity index is 260. The number of nitrogens with zero attached hydrogens (tertiary/aromatic N) is 2. The topological polar surface area (TPSA) is 18.5 Å². The van der Waals surface area contributed by atoms with Crippen molar-refractivity contribution < 1.29 is 0 Å². The van der Waals surface area contributed by atoms with Gasteiger partial charge in [0, 0.05) is 24.7 Å². The third kappa shape index (κ3) is 2.89. The third-order valence-corrected chi connectivity index (χ3v) is 5.17. The maximum atomic E-state index is 3.80. The minimum absolute atomic E-state index is 0.797. The Balaban J connectivity index is 1.50. The van der Waals surface area contributed by atoms with Gasteiger partial charge in [0.15, 0.2) is 0 Å². The zero-order chi connectivity index (χ0) is 12.4. The Morgan fingerprint density at radius 1 is 0.944 bits per heavy atom. The van der Waals surface area contributed by atoms with Crippen molar-refractivity contribution in [1.29, 1.82) is 0 Å². The van der Waals surface area contributed by atoms with Gasteiger partial charge in [-0.25, -0.2) is 0 Å². The first-order chi connectivity index (χ1) is 8.85. The molecule has 0 aliphatic carbocycles. The second-order valence-corrected chi connectivity index (χ2v) is 6.49. The second kappa shape index (κ2) is 5.89. The predicted octanol–water partition coefficient (Wildman–Crippen LogP) is 1.69. The normalized spacial score (nSPS) is 35.8. The molecule has 0 aromatic rings. The van der Waals surface area contributed by atoms with Gasteiger partial charge < -0.3 is 10.2 Å². The summed E-state index contributed by atoms with van der Waals surface area (Å²) in [6.45, 7) is 8.91. The summed E-state index contributed by atoms with van der Waals surface area (Å²) in [5.74, 6) is 0. The Morgan fingerprint density at radius 2 is 1.72 bits per heavy atom. The van der Waals surface area contributed by atoms with Crippen LogP contribution in [-0.4, -0.2) is 60.6 Å². The van der Waals surface area contributed by atoms with Crippen LogP contribution < -0.4 is 5.32 Å². The molecule has 3 aliphatic rings.